The first kappa shape index (κ1) is 12.6. The number of nitrogens with one attached hydrogen (secondary N) is 1. The second-order valence-corrected chi connectivity index (χ2v) is 6.13. The van der Waals surface area contributed by atoms with Crippen molar-refractivity contribution in [1.82, 2.24) is 20.3 Å². The molecule has 1 N–H and O–H groups in total. The van der Waals surface area contributed by atoms with Crippen LogP contribution in [-0.4, -0.2) is 27.6 Å². The topological polar surface area (TPSA) is 42.7 Å². The standard InChI is InChI=1S/C13H24N4/c1-11-9-13(2,3)10-12(11)14-5-4-7-17-8-6-15-16-17/h6,8,11-12,14H,4-5,7,9-10H2,1-3H3. The number of rotatable bonds is 5. The van der Waals surface area contributed by atoms with Gasteiger partial charge in [-0.15, -0.1) is 5.10 Å². The van der Waals surface area contributed by atoms with Gasteiger partial charge in [-0.1, -0.05) is 26.0 Å². The maximum atomic E-state index is 3.96. The van der Waals surface area contributed by atoms with Crippen molar-refractivity contribution in [2.45, 2.75) is 52.6 Å². The monoisotopic (exact) mass is 236 g/mol. The minimum atomic E-state index is 0.517. The SMILES string of the molecule is CC1CC(C)(C)CC1NCCCn1ccnn1. The molecule has 1 fully saturated rings. The van der Waals surface area contributed by atoms with Crippen LogP contribution in [0.1, 0.15) is 40.0 Å². The van der Waals surface area contributed by atoms with Gasteiger partial charge in [0.05, 0.1) is 6.20 Å². The molecular formula is C13H24N4. The fraction of sp³-hybridized carbons (Fsp3) is 0.846. The average Bonchev–Trinajstić information content (AvgIpc) is 2.81. The first-order valence-electron chi connectivity index (χ1n) is 6.64. The quantitative estimate of drug-likeness (QED) is 0.796. The third kappa shape index (κ3) is 3.53. The molecule has 0 saturated heterocycles. The van der Waals surface area contributed by atoms with E-state index < -0.39 is 0 Å². The summed E-state index contributed by atoms with van der Waals surface area (Å²) in [5, 5.41) is 11.5. The summed E-state index contributed by atoms with van der Waals surface area (Å²) in [6, 6.07) is 0.695. The van der Waals surface area contributed by atoms with Gasteiger partial charge < -0.3 is 5.32 Å². The van der Waals surface area contributed by atoms with Crippen molar-refractivity contribution in [2.24, 2.45) is 11.3 Å². The zero-order valence-corrected chi connectivity index (χ0v) is 11.2. The van der Waals surface area contributed by atoms with E-state index in [2.05, 4.69) is 36.4 Å². The number of nitrogens with zero attached hydrogens (tertiary/aromatic N) is 3. The Hall–Kier alpha value is -0.900. The summed E-state index contributed by atoms with van der Waals surface area (Å²) in [6.07, 6.45) is 7.41. The molecule has 0 spiro atoms. The Labute approximate surface area is 104 Å². The molecular weight excluding hydrogens is 212 g/mol. The fourth-order valence-electron chi connectivity index (χ4n) is 3.05. The first-order chi connectivity index (χ1) is 8.07. The van der Waals surface area contributed by atoms with E-state index in [4.69, 9.17) is 0 Å². The second kappa shape index (κ2) is 5.17. The highest BCUT2D eigenvalue weighted by atomic mass is 15.4. The summed E-state index contributed by atoms with van der Waals surface area (Å²) in [7, 11) is 0. The maximum absolute atomic E-state index is 3.96. The van der Waals surface area contributed by atoms with Crippen LogP contribution in [0.25, 0.3) is 0 Å². The summed E-state index contributed by atoms with van der Waals surface area (Å²) >= 11 is 0. The minimum Gasteiger partial charge on any atom is -0.314 e. The molecule has 1 heterocycles. The average molecular weight is 236 g/mol. The summed E-state index contributed by atoms with van der Waals surface area (Å²) in [5.74, 6) is 0.802. The van der Waals surface area contributed by atoms with Crippen LogP contribution in [0.5, 0.6) is 0 Å². The Morgan fingerprint density at radius 3 is 2.82 bits per heavy atom. The molecule has 96 valence electrons. The lowest BCUT2D eigenvalue weighted by molar-refractivity contribution is 0.361. The molecule has 1 aromatic heterocycles. The Kier molecular flexibility index (Phi) is 3.82. The molecule has 0 radical (unpaired) electrons. The van der Waals surface area contributed by atoms with Gasteiger partial charge in [-0.25, -0.2) is 0 Å². The van der Waals surface area contributed by atoms with Crippen molar-refractivity contribution in [3.8, 4) is 0 Å². The van der Waals surface area contributed by atoms with Crippen molar-refractivity contribution in [1.29, 1.82) is 0 Å². The maximum Gasteiger partial charge on any atom is 0.0692 e. The van der Waals surface area contributed by atoms with Crippen LogP contribution in [0.2, 0.25) is 0 Å². The van der Waals surface area contributed by atoms with E-state index in [9.17, 15) is 0 Å². The second-order valence-electron chi connectivity index (χ2n) is 6.13. The molecule has 4 heteroatoms. The highest BCUT2D eigenvalue weighted by Gasteiger charge is 2.35. The molecule has 17 heavy (non-hydrogen) atoms. The largest absolute Gasteiger partial charge is 0.314 e. The third-order valence-electron chi connectivity index (χ3n) is 3.78. The van der Waals surface area contributed by atoms with Gasteiger partial charge in [-0.05, 0) is 37.1 Å². The van der Waals surface area contributed by atoms with Gasteiger partial charge in [0, 0.05) is 18.8 Å². The van der Waals surface area contributed by atoms with Gasteiger partial charge in [0.15, 0.2) is 0 Å². The summed E-state index contributed by atoms with van der Waals surface area (Å²) in [4.78, 5) is 0. The molecule has 2 atom stereocenters. The van der Waals surface area contributed by atoms with E-state index in [1.807, 2.05) is 10.9 Å². The van der Waals surface area contributed by atoms with E-state index in [0.717, 1.165) is 25.4 Å². The number of aromatic nitrogens is 3. The van der Waals surface area contributed by atoms with E-state index in [0.29, 0.717) is 11.5 Å². The Morgan fingerprint density at radius 2 is 2.24 bits per heavy atom. The Morgan fingerprint density at radius 1 is 1.41 bits per heavy atom. The van der Waals surface area contributed by atoms with Crippen LogP contribution in [0.4, 0.5) is 0 Å². The lowest BCUT2D eigenvalue weighted by Gasteiger charge is -2.18. The Balaban J connectivity index is 1.66. The first-order valence-corrected chi connectivity index (χ1v) is 6.64. The normalized spacial score (nSPS) is 27.5. The molecule has 0 bridgehead atoms. The van der Waals surface area contributed by atoms with Crippen LogP contribution in [-0.2, 0) is 6.54 Å². The summed E-state index contributed by atoms with van der Waals surface area (Å²) in [6.45, 7) is 9.15. The molecule has 0 aromatic carbocycles. The molecule has 1 aliphatic rings. The summed E-state index contributed by atoms with van der Waals surface area (Å²) in [5.41, 5.74) is 0.517. The minimum absolute atomic E-state index is 0.517. The van der Waals surface area contributed by atoms with Crippen molar-refractivity contribution >= 4 is 0 Å². The highest BCUT2D eigenvalue weighted by molar-refractivity contribution is 4.90. The smallest absolute Gasteiger partial charge is 0.0692 e. The van der Waals surface area contributed by atoms with Crippen LogP contribution >= 0.6 is 0 Å². The predicted molar refractivity (Wildman–Crippen MR) is 68.6 cm³/mol. The van der Waals surface area contributed by atoms with E-state index >= 15 is 0 Å². The number of hydrogen-bond acceptors (Lipinski definition) is 3. The van der Waals surface area contributed by atoms with Crippen LogP contribution in [0.3, 0.4) is 0 Å². The zero-order chi connectivity index (χ0) is 12.3. The van der Waals surface area contributed by atoms with Gasteiger partial charge in [0.2, 0.25) is 0 Å². The van der Waals surface area contributed by atoms with Crippen LogP contribution < -0.4 is 5.32 Å². The van der Waals surface area contributed by atoms with Crippen molar-refractivity contribution < 1.29 is 0 Å². The summed E-state index contributed by atoms with van der Waals surface area (Å²) < 4.78 is 1.89. The third-order valence-corrected chi connectivity index (χ3v) is 3.78. The van der Waals surface area contributed by atoms with E-state index in [-0.39, 0.29) is 0 Å². The van der Waals surface area contributed by atoms with E-state index in [1.54, 1.807) is 6.20 Å². The van der Waals surface area contributed by atoms with Crippen molar-refractivity contribution in [3.05, 3.63) is 12.4 Å². The van der Waals surface area contributed by atoms with Gasteiger partial charge in [-0.2, -0.15) is 0 Å². The van der Waals surface area contributed by atoms with Crippen molar-refractivity contribution in [3.63, 3.8) is 0 Å². The molecule has 4 nitrogen and oxygen atoms in total. The lowest BCUT2D eigenvalue weighted by atomic mass is 9.91. The molecule has 0 amide bonds. The number of aryl methyl sites for hydroxylation is 1. The Bertz CT molecular complexity index is 331. The van der Waals surface area contributed by atoms with E-state index in [1.165, 1.54) is 12.8 Å². The molecule has 1 saturated carbocycles. The molecule has 1 aliphatic carbocycles. The van der Waals surface area contributed by atoms with Gasteiger partial charge in [-0.3, -0.25) is 4.68 Å². The number of hydrogen-bond donors (Lipinski definition) is 1. The van der Waals surface area contributed by atoms with Gasteiger partial charge >= 0.3 is 0 Å². The van der Waals surface area contributed by atoms with Gasteiger partial charge in [0.1, 0.15) is 0 Å². The molecule has 1 aromatic rings. The molecule has 2 rings (SSSR count). The predicted octanol–water partition coefficient (Wildman–Crippen LogP) is 2.08. The zero-order valence-electron chi connectivity index (χ0n) is 11.2. The lowest BCUT2D eigenvalue weighted by Crippen LogP contribution is -2.32. The van der Waals surface area contributed by atoms with Gasteiger partial charge in [0.25, 0.3) is 0 Å². The molecule has 0 aliphatic heterocycles. The van der Waals surface area contributed by atoms with Crippen LogP contribution in [0.15, 0.2) is 12.4 Å². The highest BCUT2D eigenvalue weighted by Crippen LogP contribution is 2.40. The molecule has 2 unspecified atom stereocenters. The van der Waals surface area contributed by atoms with Crippen LogP contribution in [0, 0.1) is 11.3 Å². The van der Waals surface area contributed by atoms with Crippen molar-refractivity contribution in [2.75, 3.05) is 6.54 Å². The fourth-order valence-corrected chi connectivity index (χ4v) is 3.05.